The van der Waals surface area contributed by atoms with Crippen molar-refractivity contribution in [3.63, 3.8) is 0 Å². The lowest BCUT2D eigenvalue weighted by atomic mass is 10.0. The van der Waals surface area contributed by atoms with Gasteiger partial charge in [-0.05, 0) is 83.5 Å². The topological polar surface area (TPSA) is 61.8 Å². The summed E-state index contributed by atoms with van der Waals surface area (Å²) in [5.74, 6) is -0.409. The molecule has 0 aromatic carbocycles. The van der Waals surface area contributed by atoms with Crippen LogP contribution in [-0.4, -0.2) is 37.9 Å². The summed E-state index contributed by atoms with van der Waals surface area (Å²) < 4.78 is 17.5. The highest BCUT2D eigenvalue weighted by atomic mass is 16.6. The number of hydrogen-bond donors (Lipinski definition) is 0. The van der Waals surface area contributed by atoms with Crippen molar-refractivity contribution in [2.45, 2.75) is 297 Å². The van der Waals surface area contributed by atoms with E-state index in [2.05, 4.69) is 81.5 Å². The van der Waals surface area contributed by atoms with Crippen LogP contribution in [0.3, 0.4) is 0 Å². The lowest BCUT2D eigenvalue weighted by Crippen LogP contribution is -2.30. The molecule has 0 saturated carbocycles. The summed E-state index contributed by atoms with van der Waals surface area (Å²) in [7, 11) is 0. The van der Waals surface area contributed by atoms with E-state index in [4.69, 9.17) is 14.2 Å². The van der Waals surface area contributed by atoms with Crippen molar-refractivity contribution in [2.24, 2.45) is 0 Å². The van der Waals surface area contributed by atoms with Gasteiger partial charge in [0.2, 0.25) is 0 Å². The van der Waals surface area contributed by atoms with E-state index in [1.54, 1.807) is 0 Å². The summed E-state index contributed by atoms with van der Waals surface area (Å²) in [4.78, 5) is 25.5. The van der Waals surface area contributed by atoms with Crippen LogP contribution >= 0.6 is 0 Å². The molecule has 0 aliphatic rings. The first kappa shape index (κ1) is 63.6. The molecule has 0 spiro atoms. The van der Waals surface area contributed by atoms with Crippen molar-refractivity contribution >= 4 is 11.9 Å². The second-order valence-electron chi connectivity index (χ2n) is 19.2. The van der Waals surface area contributed by atoms with Crippen molar-refractivity contribution in [1.82, 2.24) is 0 Å². The number of esters is 2. The monoisotopic (exact) mass is 923 g/mol. The average molecular weight is 924 g/mol. The summed E-state index contributed by atoms with van der Waals surface area (Å²) in [5, 5.41) is 0. The van der Waals surface area contributed by atoms with Gasteiger partial charge < -0.3 is 14.2 Å². The highest BCUT2D eigenvalue weighted by Crippen LogP contribution is 2.16. The number of unbranched alkanes of at least 4 members (excludes halogenated alkanes) is 32. The molecule has 5 nitrogen and oxygen atoms in total. The molecule has 0 aromatic heterocycles. The van der Waals surface area contributed by atoms with Gasteiger partial charge in [-0.25, -0.2) is 0 Å². The molecule has 0 bridgehead atoms. The van der Waals surface area contributed by atoms with Crippen LogP contribution in [0, 0.1) is 0 Å². The molecule has 5 heteroatoms. The second-order valence-corrected chi connectivity index (χ2v) is 19.2. The summed E-state index contributed by atoms with van der Waals surface area (Å²) in [6.45, 7) is 7.72. The molecule has 0 fully saturated rings. The van der Waals surface area contributed by atoms with Crippen LogP contribution in [0.25, 0.3) is 0 Å². The Kier molecular flexibility index (Phi) is 54.9. The summed E-state index contributed by atoms with van der Waals surface area (Å²) in [6.07, 6.45) is 72.4. The molecule has 0 N–H and O–H groups in total. The van der Waals surface area contributed by atoms with Crippen LogP contribution in [0.15, 0.2) is 60.8 Å². The van der Waals surface area contributed by atoms with Gasteiger partial charge in [0, 0.05) is 19.4 Å². The van der Waals surface area contributed by atoms with E-state index < -0.39 is 6.10 Å². The van der Waals surface area contributed by atoms with Gasteiger partial charge in [0.1, 0.15) is 6.61 Å². The molecule has 66 heavy (non-hydrogen) atoms. The molecule has 1 atom stereocenters. The minimum absolute atomic E-state index is 0.0781. The molecule has 0 aliphatic carbocycles. The van der Waals surface area contributed by atoms with Crippen molar-refractivity contribution < 1.29 is 23.8 Å². The maximum atomic E-state index is 12.8. The SMILES string of the molecule is CC/C=C\C/C=C\C/C=C\CCCCCCCC(=O)OC(COCCCCCCCCCCCCCCCCCC)COC(=O)CCCCCCCCCCC/C=C\C/C=C\CCCCC. The minimum atomic E-state index is -0.546. The zero-order valence-corrected chi connectivity index (χ0v) is 44.2. The van der Waals surface area contributed by atoms with Crippen molar-refractivity contribution in [3.05, 3.63) is 60.8 Å². The zero-order valence-electron chi connectivity index (χ0n) is 44.2. The van der Waals surface area contributed by atoms with Gasteiger partial charge in [-0.2, -0.15) is 0 Å². The molecular formula is C61H110O5. The molecule has 384 valence electrons. The van der Waals surface area contributed by atoms with Crippen LogP contribution in [0.5, 0.6) is 0 Å². The van der Waals surface area contributed by atoms with E-state index in [9.17, 15) is 9.59 Å². The van der Waals surface area contributed by atoms with Gasteiger partial charge in [-0.15, -0.1) is 0 Å². The summed E-state index contributed by atoms with van der Waals surface area (Å²) >= 11 is 0. The molecule has 1 unspecified atom stereocenters. The van der Waals surface area contributed by atoms with Crippen molar-refractivity contribution in [1.29, 1.82) is 0 Å². The van der Waals surface area contributed by atoms with E-state index in [0.29, 0.717) is 19.4 Å². The van der Waals surface area contributed by atoms with E-state index in [-0.39, 0.29) is 25.2 Å². The molecule has 0 heterocycles. The minimum Gasteiger partial charge on any atom is -0.462 e. The van der Waals surface area contributed by atoms with E-state index in [1.807, 2.05) is 0 Å². The van der Waals surface area contributed by atoms with Crippen LogP contribution in [0.4, 0.5) is 0 Å². The number of rotatable bonds is 53. The third kappa shape index (κ3) is 54.2. The third-order valence-corrected chi connectivity index (χ3v) is 12.5. The Balaban J connectivity index is 4.26. The molecule has 0 rings (SSSR count). The normalized spacial score (nSPS) is 12.6. The van der Waals surface area contributed by atoms with Gasteiger partial charge in [-0.1, -0.05) is 255 Å². The number of hydrogen-bond acceptors (Lipinski definition) is 5. The first-order chi connectivity index (χ1) is 32.6. The molecular weight excluding hydrogens is 813 g/mol. The summed E-state index contributed by atoms with van der Waals surface area (Å²) in [6, 6.07) is 0. The highest BCUT2D eigenvalue weighted by Gasteiger charge is 2.17. The van der Waals surface area contributed by atoms with E-state index in [1.165, 1.54) is 180 Å². The molecule has 0 aromatic rings. The Hall–Kier alpha value is -2.40. The van der Waals surface area contributed by atoms with Crippen molar-refractivity contribution in [3.8, 4) is 0 Å². The van der Waals surface area contributed by atoms with E-state index >= 15 is 0 Å². The van der Waals surface area contributed by atoms with Gasteiger partial charge in [0.25, 0.3) is 0 Å². The van der Waals surface area contributed by atoms with Crippen LogP contribution in [0.1, 0.15) is 290 Å². The number of carbonyl (C=O) groups excluding carboxylic acids is 2. The number of carbonyl (C=O) groups is 2. The largest absolute Gasteiger partial charge is 0.462 e. The van der Waals surface area contributed by atoms with Crippen molar-refractivity contribution in [2.75, 3.05) is 19.8 Å². The predicted octanol–water partition coefficient (Wildman–Crippen LogP) is 19.7. The molecule has 0 amide bonds. The first-order valence-electron chi connectivity index (χ1n) is 28.8. The first-order valence-corrected chi connectivity index (χ1v) is 28.8. The third-order valence-electron chi connectivity index (χ3n) is 12.5. The van der Waals surface area contributed by atoms with Crippen LogP contribution < -0.4 is 0 Å². The van der Waals surface area contributed by atoms with Gasteiger partial charge in [0.15, 0.2) is 6.10 Å². The standard InChI is InChI=1S/C61H110O5/c1-4-7-10-13-16-19-22-25-28-30-31-32-34-36-39-42-45-48-51-54-60(62)65-58-59(57-64-56-53-50-47-44-41-38-35-29-26-23-20-17-14-11-8-5-2)66-61(63)55-52-49-46-43-40-37-33-27-24-21-18-15-12-9-6-3/h9,12,16,18-19,21,25,27-28,33,59H,4-8,10-11,13-15,17,20,22-24,26,29-32,34-58H2,1-3H3/b12-9-,19-16-,21-18-,28-25-,33-27-. The Labute approximate surface area is 411 Å². The Morgan fingerprint density at radius 3 is 1.12 bits per heavy atom. The average Bonchev–Trinajstić information content (AvgIpc) is 3.32. The lowest BCUT2D eigenvalue weighted by molar-refractivity contribution is -0.163. The van der Waals surface area contributed by atoms with Gasteiger partial charge >= 0.3 is 11.9 Å². The van der Waals surface area contributed by atoms with Gasteiger partial charge in [0.05, 0.1) is 6.61 Å². The molecule has 0 saturated heterocycles. The number of allylic oxidation sites excluding steroid dienone is 10. The quantitative estimate of drug-likeness (QED) is 0.0346. The fraction of sp³-hybridized carbons (Fsp3) is 0.803. The van der Waals surface area contributed by atoms with Crippen LogP contribution in [0.2, 0.25) is 0 Å². The Bertz CT molecular complexity index is 1130. The van der Waals surface area contributed by atoms with E-state index in [0.717, 1.165) is 77.0 Å². The van der Waals surface area contributed by atoms with Crippen LogP contribution in [-0.2, 0) is 23.8 Å². The molecule has 0 aliphatic heterocycles. The Morgan fingerprint density at radius 1 is 0.348 bits per heavy atom. The maximum absolute atomic E-state index is 12.8. The highest BCUT2D eigenvalue weighted by molar-refractivity contribution is 5.70. The molecule has 0 radical (unpaired) electrons. The smallest absolute Gasteiger partial charge is 0.306 e. The maximum Gasteiger partial charge on any atom is 0.306 e. The lowest BCUT2D eigenvalue weighted by Gasteiger charge is -2.18. The predicted molar refractivity (Wildman–Crippen MR) is 288 cm³/mol. The zero-order chi connectivity index (χ0) is 47.7. The Morgan fingerprint density at radius 2 is 0.682 bits per heavy atom. The fourth-order valence-electron chi connectivity index (χ4n) is 8.26. The summed E-state index contributed by atoms with van der Waals surface area (Å²) in [5.41, 5.74) is 0. The van der Waals surface area contributed by atoms with Gasteiger partial charge in [-0.3, -0.25) is 9.59 Å². The fourth-order valence-corrected chi connectivity index (χ4v) is 8.26. The number of ether oxygens (including phenoxy) is 3. The second kappa shape index (κ2) is 56.9.